The van der Waals surface area contributed by atoms with Crippen LogP contribution in [0, 0.1) is 0 Å². The summed E-state index contributed by atoms with van der Waals surface area (Å²) in [6, 6.07) is 20.8. The van der Waals surface area contributed by atoms with Gasteiger partial charge in [0.25, 0.3) is 0 Å². The van der Waals surface area contributed by atoms with Gasteiger partial charge in [-0.05, 0) is 11.1 Å². The second-order valence-electron chi connectivity index (χ2n) is 6.53. The van der Waals surface area contributed by atoms with Crippen molar-refractivity contribution in [2.45, 2.75) is 6.04 Å². The fraction of sp³-hybridized carbons (Fsp3) is 0.333. The topological polar surface area (TPSA) is 72.9 Å². The molecule has 0 radical (unpaired) electrons. The summed E-state index contributed by atoms with van der Waals surface area (Å²) < 4.78 is 0. The van der Waals surface area contributed by atoms with Crippen molar-refractivity contribution in [2.75, 3.05) is 39.3 Å². The van der Waals surface area contributed by atoms with Gasteiger partial charge in [-0.3, -0.25) is 14.5 Å². The summed E-state index contributed by atoms with van der Waals surface area (Å²) in [5.74, 6) is -1.18. The molecule has 0 bridgehead atoms. The van der Waals surface area contributed by atoms with Gasteiger partial charge < -0.3 is 15.3 Å². The predicted molar refractivity (Wildman–Crippen MR) is 103 cm³/mol. The van der Waals surface area contributed by atoms with E-state index < -0.39 is 11.8 Å². The van der Waals surface area contributed by atoms with Crippen LogP contribution in [0.5, 0.6) is 0 Å². The Morgan fingerprint density at radius 3 is 1.89 bits per heavy atom. The van der Waals surface area contributed by atoms with E-state index in [9.17, 15) is 9.59 Å². The predicted octanol–water partition coefficient (Wildman–Crippen LogP) is 1.03. The van der Waals surface area contributed by atoms with Gasteiger partial charge in [0.05, 0.1) is 12.6 Å². The highest BCUT2D eigenvalue weighted by Gasteiger charge is 2.30. The van der Waals surface area contributed by atoms with Crippen molar-refractivity contribution in [1.82, 2.24) is 15.1 Å². The van der Waals surface area contributed by atoms with E-state index in [0.717, 1.165) is 0 Å². The smallest absolute Gasteiger partial charge is 0.311 e. The highest BCUT2D eigenvalue weighted by Crippen LogP contribution is 2.29. The van der Waals surface area contributed by atoms with Crippen molar-refractivity contribution >= 4 is 11.8 Å². The van der Waals surface area contributed by atoms with E-state index in [0.29, 0.717) is 26.2 Å². The average Bonchev–Trinajstić information content (AvgIpc) is 2.74. The molecule has 2 aromatic carbocycles. The minimum atomic E-state index is -0.653. The van der Waals surface area contributed by atoms with Gasteiger partial charge in [-0.2, -0.15) is 0 Å². The van der Waals surface area contributed by atoms with Crippen LogP contribution in [0.4, 0.5) is 0 Å². The van der Waals surface area contributed by atoms with Gasteiger partial charge in [0, 0.05) is 32.7 Å². The molecule has 0 aromatic heterocycles. The number of aliphatic hydroxyl groups excluding tert-OH is 1. The molecule has 1 fully saturated rings. The van der Waals surface area contributed by atoms with E-state index in [1.165, 1.54) is 11.1 Å². The molecular weight excluding hydrogens is 342 g/mol. The molecule has 0 unspecified atom stereocenters. The molecule has 27 heavy (non-hydrogen) atoms. The monoisotopic (exact) mass is 367 g/mol. The maximum Gasteiger partial charge on any atom is 0.311 e. The number of carbonyl (C=O) groups excluding carboxylic acids is 2. The molecule has 1 saturated heterocycles. The first-order valence-electron chi connectivity index (χ1n) is 9.22. The molecule has 6 nitrogen and oxygen atoms in total. The summed E-state index contributed by atoms with van der Waals surface area (Å²) >= 11 is 0. The molecule has 2 N–H and O–H groups in total. The first-order valence-corrected chi connectivity index (χ1v) is 9.22. The number of aliphatic hydroxyl groups is 1. The lowest BCUT2D eigenvalue weighted by Crippen LogP contribution is -2.53. The zero-order chi connectivity index (χ0) is 19.1. The van der Waals surface area contributed by atoms with Crippen LogP contribution < -0.4 is 5.32 Å². The Kier molecular flexibility index (Phi) is 6.57. The van der Waals surface area contributed by atoms with Crippen molar-refractivity contribution in [1.29, 1.82) is 0 Å². The standard InChI is InChI=1S/C21H25N3O3/c25-16-11-22-20(26)21(27)24-14-12-23(13-15-24)19(17-7-3-1-4-8-17)18-9-5-2-6-10-18/h1-10,19,25H,11-16H2,(H,22,26). The summed E-state index contributed by atoms with van der Waals surface area (Å²) in [7, 11) is 0. The van der Waals surface area contributed by atoms with E-state index in [2.05, 4.69) is 34.5 Å². The second kappa shape index (κ2) is 9.30. The molecular formula is C21H25N3O3. The van der Waals surface area contributed by atoms with E-state index >= 15 is 0 Å². The van der Waals surface area contributed by atoms with Gasteiger partial charge in [0.1, 0.15) is 0 Å². The lowest BCUT2D eigenvalue weighted by Gasteiger charge is -2.39. The van der Waals surface area contributed by atoms with Gasteiger partial charge in [0.15, 0.2) is 0 Å². The molecule has 0 aliphatic carbocycles. The maximum absolute atomic E-state index is 12.2. The summed E-state index contributed by atoms with van der Waals surface area (Å²) in [5.41, 5.74) is 2.42. The normalized spacial score (nSPS) is 15.0. The summed E-state index contributed by atoms with van der Waals surface area (Å²) in [5, 5.41) is 11.2. The molecule has 2 amide bonds. The number of carbonyl (C=O) groups is 2. The Morgan fingerprint density at radius 2 is 1.41 bits per heavy atom. The summed E-state index contributed by atoms with van der Waals surface area (Å²) in [6.07, 6.45) is 0. The largest absolute Gasteiger partial charge is 0.395 e. The highest BCUT2D eigenvalue weighted by molar-refractivity contribution is 6.35. The fourth-order valence-corrected chi connectivity index (χ4v) is 3.46. The Labute approximate surface area is 159 Å². The quantitative estimate of drug-likeness (QED) is 0.775. The summed E-state index contributed by atoms with van der Waals surface area (Å²) in [6.45, 7) is 2.29. The highest BCUT2D eigenvalue weighted by atomic mass is 16.3. The third-order valence-electron chi connectivity index (χ3n) is 4.79. The Bertz CT molecular complexity index is 704. The van der Waals surface area contributed by atoms with Gasteiger partial charge >= 0.3 is 11.8 Å². The third kappa shape index (κ3) is 4.72. The van der Waals surface area contributed by atoms with Crippen molar-refractivity contribution in [3.8, 4) is 0 Å². The zero-order valence-corrected chi connectivity index (χ0v) is 15.3. The number of piperazine rings is 1. The van der Waals surface area contributed by atoms with Crippen LogP contribution >= 0.6 is 0 Å². The van der Waals surface area contributed by atoms with E-state index in [1.807, 2.05) is 36.4 Å². The number of hydrogen-bond acceptors (Lipinski definition) is 4. The van der Waals surface area contributed by atoms with Gasteiger partial charge in [0.2, 0.25) is 0 Å². The molecule has 142 valence electrons. The van der Waals surface area contributed by atoms with Crippen molar-refractivity contribution in [2.24, 2.45) is 0 Å². The molecule has 0 atom stereocenters. The average molecular weight is 367 g/mol. The molecule has 1 aliphatic heterocycles. The van der Waals surface area contributed by atoms with Crippen LogP contribution in [0.25, 0.3) is 0 Å². The zero-order valence-electron chi connectivity index (χ0n) is 15.3. The molecule has 1 aliphatic rings. The SMILES string of the molecule is O=C(NCCO)C(=O)N1CCN(C(c2ccccc2)c2ccccc2)CC1. The Morgan fingerprint density at radius 1 is 0.889 bits per heavy atom. The fourth-order valence-electron chi connectivity index (χ4n) is 3.46. The molecule has 0 saturated carbocycles. The van der Waals surface area contributed by atoms with E-state index in [4.69, 9.17) is 5.11 Å². The minimum absolute atomic E-state index is 0.0919. The lowest BCUT2D eigenvalue weighted by atomic mass is 9.96. The molecule has 0 spiro atoms. The van der Waals surface area contributed by atoms with Gasteiger partial charge in [-0.25, -0.2) is 0 Å². The number of nitrogens with zero attached hydrogens (tertiary/aromatic N) is 2. The van der Waals surface area contributed by atoms with Gasteiger partial charge in [-0.15, -0.1) is 0 Å². The maximum atomic E-state index is 12.2. The third-order valence-corrected chi connectivity index (χ3v) is 4.79. The van der Waals surface area contributed by atoms with Crippen molar-refractivity contribution < 1.29 is 14.7 Å². The molecule has 6 heteroatoms. The van der Waals surface area contributed by atoms with Crippen LogP contribution in [0.2, 0.25) is 0 Å². The number of nitrogens with one attached hydrogen (secondary N) is 1. The van der Waals surface area contributed by atoms with Crippen LogP contribution in [0.15, 0.2) is 60.7 Å². The first kappa shape index (κ1) is 19.1. The second-order valence-corrected chi connectivity index (χ2v) is 6.53. The minimum Gasteiger partial charge on any atom is -0.395 e. The van der Waals surface area contributed by atoms with E-state index in [1.54, 1.807) is 4.90 Å². The number of benzene rings is 2. The van der Waals surface area contributed by atoms with Gasteiger partial charge in [-0.1, -0.05) is 60.7 Å². The Hall–Kier alpha value is -2.70. The van der Waals surface area contributed by atoms with Crippen LogP contribution in [0.3, 0.4) is 0 Å². The van der Waals surface area contributed by atoms with Crippen molar-refractivity contribution in [3.63, 3.8) is 0 Å². The van der Waals surface area contributed by atoms with Crippen molar-refractivity contribution in [3.05, 3.63) is 71.8 Å². The lowest BCUT2D eigenvalue weighted by molar-refractivity contribution is -0.147. The molecule has 3 rings (SSSR count). The first-order chi connectivity index (χ1) is 13.2. The number of amides is 2. The number of hydrogen-bond donors (Lipinski definition) is 2. The van der Waals surface area contributed by atoms with Crippen LogP contribution in [-0.4, -0.2) is 66.1 Å². The number of rotatable bonds is 5. The van der Waals surface area contributed by atoms with Crippen LogP contribution in [0.1, 0.15) is 17.2 Å². The van der Waals surface area contributed by atoms with E-state index in [-0.39, 0.29) is 19.2 Å². The van der Waals surface area contributed by atoms with Crippen LogP contribution in [-0.2, 0) is 9.59 Å². The Balaban J connectivity index is 1.70. The molecule has 2 aromatic rings. The summed E-state index contributed by atoms with van der Waals surface area (Å²) in [4.78, 5) is 28.0. The molecule has 1 heterocycles.